The minimum absolute atomic E-state index is 0.135. The predicted molar refractivity (Wildman–Crippen MR) is 103 cm³/mol. The van der Waals surface area contributed by atoms with Crippen LogP contribution in [-0.4, -0.2) is 53.9 Å². The van der Waals surface area contributed by atoms with E-state index in [1.807, 2.05) is 18.2 Å². The summed E-state index contributed by atoms with van der Waals surface area (Å²) in [6.45, 7) is 0.691. The lowest BCUT2D eigenvalue weighted by molar-refractivity contribution is 0.307. The van der Waals surface area contributed by atoms with Crippen LogP contribution in [0.25, 0.3) is 11.3 Å². The molecule has 7 nitrogen and oxygen atoms in total. The molecule has 0 amide bonds. The highest BCUT2D eigenvalue weighted by molar-refractivity contribution is 7.89. The van der Waals surface area contributed by atoms with Crippen molar-refractivity contribution in [2.45, 2.75) is 10.9 Å². The summed E-state index contributed by atoms with van der Waals surface area (Å²) in [6, 6.07) is 11.8. The summed E-state index contributed by atoms with van der Waals surface area (Å²) in [6.07, 6.45) is 4.16. The van der Waals surface area contributed by atoms with Gasteiger partial charge in [-0.3, -0.25) is 4.98 Å². The van der Waals surface area contributed by atoms with Gasteiger partial charge in [0.05, 0.1) is 6.04 Å². The summed E-state index contributed by atoms with van der Waals surface area (Å²) in [5.74, 6) is -0.331. The summed E-state index contributed by atoms with van der Waals surface area (Å²) in [7, 11) is -2.12. The van der Waals surface area contributed by atoms with Crippen molar-refractivity contribution in [1.29, 1.82) is 0 Å². The maximum Gasteiger partial charge on any atom is 0.244 e. The van der Waals surface area contributed by atoms with Crippen LogP contribution < -0.4 is 4.90 Å². The third kappa shape index (κ3) is 3.23. The fourth-order valence-electron chi connectivity index (χ4n) is 3.10. The molecule has 1 aromatic carbocycles. The Labute approximate surface area is 162 Å². The molecule has 28 heavy (non-hydrogen) atoms. The number of sulfonamides is 1. The van der Waals surface area contributed by atoms with Gasteiger partial charge in [0.25, 0.3) is 0 Å². The van der Waals surface area contributed by atoms with Crippen molar-refractivity contribution < 1.29 is 12.8 Å². The van der Waals surface area contributed by atoms with E-state index in [1.165, 1.54) is 36.1 Å². The standard InChI is InChI=1S/C19H18FN5O2S/c1-24(28(26,27)16-8-5-9-21-10-16)15-11-25(12-15)19-17(20)18(22-13-23-19)14-6-3-2-4-7-14/h2-10,13,15H,11-12H2,1H3. The fraction of sp³-hybridized carbons (Fsp3) is 0.211. The van der Waals surface area contributed by atoms with E-state index in [-0.39, 0.29) is 22.4 Å². The maximum absolute atomic E-state index is 14.9. The molecule has 3 heterocycles. The first-order valence-corrected chi connectivity index (χ1v) is 10.1. The molecule has 0 aliphatic carbocycles. The number of likely N-dealkylation sites (N-methyl/N-ethyl adjacent to an activating group) is 1. The van der Waals surface area contributed by atoms with Gasteiger partial charge in [-0.2, -0.15) is 4.31 Å². The Hall–Kier alpha value is -2.91. The van der Waals surface area contributed by atoms with Crippen LogP contribution >= 0.6 is 0 Å². The molecule has 9 heteroatoms. The van der Waals surface area contributed by atoms with Crippen LogP contribution in [0, 0.1) is 5.82 Å². The molecular weight excluding hydrogens is 381 g/mol. The zero-order valence-corrected chi connectivity index (χ0v) is 15.9. The molecule has 0 spiro atoms. The van der Waals surface area contributed by atoms with E-state index in [0.29, 0.717) is 18.7 Å². The van der Waals surface area contributed by atoms with Crippen LogP contribution in [0.15, 0.2) is 66.1 Å². The summed E-state index contributed by atoms with van der Waals surface area (Å²) in [5.41, 5.74) is 0.891. The number of nitrogens with zero attached hydrogens (tertiary/aromatic N) is 5. The average Bonchev–Trinajstić information content (AvgIpc) is 2.69. The number of rotatable bonds is 5. The topological polar surface area (TPSA) is 79.3 Å². The molecule has 0 bridgehead atoms. The highest BCUT2D eigenvalue weighted by Crippen LogP contribution is 2.30. The molecule has 1 aliphatic rings. The number of pyridine rings is 1. The Morgan fingerprint density at radius 3 is 2.54 bits per heavy atom. The SMILES string of the molecule is CN(C1CN(c2ncnc(-c3ccccc3)c2F)C1)S(=O)(=O)c1cccnc1. The molecule has 0 N–H and O–H groups in total. The summed E-state index contributed by atoms with van der Waals surface area (Å²) >= 11 is 0. The molecular formula is C19H18FN5O2S. The maximum atomic E-state index is 14.9. The lowest BCUT2D eigenvalue weighted by Crippen LogP contribution is -2.60. The van der Waals surface area contributed by atoms with Gasteiger partial charge in [0.15, 0.2) is 11.6 Å². The number of halogens is 1. The quantitative estimate of drug-likeness (QED) is 0.654. The Kier molecular flexibility index (Phi) is 4.78. The molecule has 0 unspecified atom stereocenters. The van der Waals surface area contributed by atoms with Crippen LogP contribution in [0.1, 0.15) is 0 Å². The number of anilines is 1. The largest absolute Gasteiger partial charge is 0.351 e. The lowest BCUT2D eigenvalue weighted by atomic mass is 10.1. The second kappa shape index (κ2) is 7.25. The first kappa shape index (κ1) is 18.5. The highest BCUT2D eigenvalue weighted by Gasteiger charge is 2.38. The van der Waals surface area contributed by atoms with Crippen molar-refractivity contribution >= 4 is 15.8 Å². The first-order chi connectivity index (χ1) is 13.5. The minimum atomic E-state index is -3.65. The molecule has 1 saturated heterocycles. The van der Waals surface area contributed by atoms with Crippen molar-refractivity contribution in [3.8, 4) is 11.3 Å². The normalized spacial score (nSPS) is 14.9. The molecule has 0 saturated carbocycles. The van der Waals surface area contributed by atoms with Gasteiger partial charge in [-0.1, -0.05) is 30.3 Å². The van der Waals surface area contributed by atoms with Gasteiger partial charge in [0.2, 0.25) is 10.0 Å². The summed E-state index contributed by atoms with van der Waals surface area (Å²) in [4.78, 5) is 13.8. The first-order valence-electron chi connectivity index (χ1n) is 8.67. The molecule has 1 fully saturated rings. The van der Waals surface area contributed by atoms with E-state index in [9.17, 15) is 12.8 Å². The van der Waals surface area contributed by atoms with E-state index in [4.69, 9.17) is 0 Å². The molecule has 144 valence electrons. The van der Waals surface area contributed by atoms with Crippen molar-refractivity contribution in [3.05, 3.63) is 67.0 Å². The van der Waals surface area contributed by atoms with Crippen molar-refractivity contribution in [2.24, 2.45) is 0 Å². The second-order valence-corrected chi connectivity index (χ2v) is 8.49. The van der Waals surface area contributed by atoms with Gasteiger partial charge in [-0.05, 0) is 12.1 Å². The smallest absolute Gasteiger partial charge is 0.244 e. The van der Waals surface area contributed by atoms with E-state index >= 15 is 0 Å². The molecule has 0 atom stereocenters. The molecule has 4 rings (SSSR count). The van der Waals surface area contributed by atoms with Crippen molar-refractivity contribution in [1.82, 2.24) is 19.3 Å². The monoisotopic (exact) mass is 399 g/mol. The van der Waals surface area contributed by atoms with E-state index < -0.39 is 15.8 Å². The average molecular weight is 399 g/mol. The third-order valence-electron chi connectivity index (χ3n) is 4.81. The van der Waals surface area contributed by atoms with Gasteiger partial charge < -0.3 is 4.90 Å². The summed E-state index contributed by atoms with van der Waals surface area (Å²) < 4.78 is 41.6. The zero-order chi connectivity index (χ0) is 19.7. The molecule has 1 aliphatic heterocycles. The number of hydrogen-bond donors (Lipinski definition) is 0. The van der Waals surface area contributed by atoms with E-state index in [1.54, 1.807) is 23.1 Å². The second-order valence-electron chi connectivity index (χ2n) is 6.49. The Bertz CT molecular complexity index is 1070. The predicted octanol–water partition coefficient (Wildman–Crippen LogP) is 2.19. The van der Waals surface area contributed by atoms with Crippen LogP contribution in [0.5, 0.6) is 0 Å². The summed E-state index contributed by atoms with van der Waals surface area (Å²) in [5, 5.41) is 0. The van der Waals surface area contributed by atoms with Crippen LogP contribution in [0.4, 0.5) is 10.2 Å². The van der Waals surface area contributed by atoms with Crippen LogP contribution in [0.3, 0.4) is 0 Å². The number of hydrogen-bond acceptors (Lipinski definition) is 6. The van der Waals surface area contributed by atoms with E-state index in [0.717, 1.165) is 0 Å². The van der Waals surface area contributed by atoms with Crippen LogP contribution in [-0.2, 0) is 10.0 Å². The van der Waals surface area contributed by atoms with Crippen molar-refractivity contribution in [2.75, 3.05) is 25.0 Å². The van der Waals surface area contributed by atoms with Crippen molar-refractivity contribution in [3.63, 3.8) is 0 Å². The fourth-order valence-corrected chi connectivity index (χ4v) is 4.40. The minimum Gasteiger partial charge on any atom is -0.351 e. The Morgan fingerprint density at radius 1 is 1.11 bits per heavy atom. The Balaban J connectivity index is 1.52. The molecule has 0 radical (unpaired) electrons. The zero-order valence-electron chi connectivity index (χ0n) is 15.1. The van der Waals surface area contributed by atoms with Crippen LogP contribution in [0.2, 0.25) is 0 Å². The number of aromatic nitrogens is 3. The Morgan fingerprint density at radius 2 is 1.86 bits per heavy atom. The van der Waals surface area contributed by atoms with Gasteiger partial charge in [0.1, 0.15) is 16.9 Å². The van der Waals surface area contributed by atoms with Gasteiger partial charge in [-0.15, -0.1) is 0 Å². The molecule has 3 aromatic rings. The van der Waals surface area contributed by atoms with Gasteiger partial charge >= 0.3 is 0 Å². The van der Waals surface area contributed by atoms with E-state index in [2.05, 4.69) is 15.0 Å². The lowest BCUT2D eigenvalue weighted by Gasteiger charge is -2.43. The van der Waals surface area contributed by atoms with Gasteiger partial charge in [-0.25, -0.2) is 22.8 Å². The highest BCUT2D eigenvalue weighted by atomic mass is 32.2. The third-order valence-corrected chi connectivity index (χ3v) is 6.70. The van der Waals surface area contributed by atoms with Gasteiger partial charge in [0, 0.05) is 38.1 Å². The molecule has 2 aromatic heterocycles. The number of benzene rings is 1.